The molecule has 0 aliphatic carbocycles. The molecule has 0 spiro atoms. The summed E-state index contributed by atoms with van der Waals surface area (Å²) in [6, 6.07) is 2.13. The van der Waals surface area contributed by atoms with Crippen LogP contribution >= 0.6 is 34.7 Å². The molecule has 0 saturated carbocycles. The van der Waals surface area contributed by atoms with Gasteiger partial charge < -0.3 is 0 Å². The Hall–Kier alpha value is -0.320. The average molecular weight is 301 g/mol. The Kier molecular flexibility index (Phi) is 4.87. The zero-order valence-electron chi connectivity index (χ0n) is 10.9. The predicted octanol–water partition coefficient (Wildman–Crippen LogP) is 5.05. The summed E-state index contributed by atoms with van der Waals surface area (Å²) in [7, 11) is 0. The van der Waals surface area contributed by atoms with Crippen LogP contribution in [-0.4, -0.2) is 15.7 Å². The van der Waals surface area contributed by atoms with Gasteiger partial charge in [0.05, 0.1) is 0 Å². The van der Waals surface area contributed by atoms with Crippen LogP contribution < -0.4 is 0 Å². The van der Waals surface area contributed by atoms with Crippen molar-refractivity contribution in [1.82, 2.24) is 9.97 Å². The van der Waals surface area contributed by atoms with Crippen LogP contribution in [0.2, 0.25) is 5.15 Å². The van der Waals surface area contributed by atoms with Crippen LogP contribution in [0, 0.1) is 5.92 Å². The molecule has 0 unspecified atom stereocenters. The number of hydrogen-bond donors (Lipinski definition) is 0. The number of aromatic nitrogens is 2. The van der Waals surface area contributed by atoms with Crippen LogP contribution in [0.1, 0.15) is 32.1 Å². The Bertz CT molecular complexity index is 537. The summed E-state index contributed by atoms with van der Waals surface area (Å²) in [5.74, 6) is 1.65. The van der Waals surface area contributed by atoms with Crippen LogP contribution in [0.5, 0.6) is 0 Å². The molecule has 0 aromatic carbocycles. The summed E-state index contributed by atoms with van der Waals surface area (Å²) in [4.78, 5) is 11.3. The molecule has 0 aliphatic heterocycles. The van der Waals surface area contributed by atoms with Crippen molar-refractivity contribution in [3.8, 4) is 0 Å². The van der Waals surface area contributed by atoms with E-state index >= 15 is 0 Å². The molecular formula is C13H17ClN2S2. The number of aryl methyl sites for hydroxylation is 1. The van der Waals surface area contributed by atoms with E-state index in [1.807, 2.05) is 0 Å². The third-order valence-corrected chi connectivity index (χ3v) is 5.07. The van der Waals surface area contributed by atoms with Gasteiger partial charge in [-0.25, -0.2) is 9.97 Å². The highest BCUT2D eigenvalue weighted by Gasteiger charge is 2.10. The molecule has 2 aromatic heterocycles. The summed E-state index contributed by atoms with van der Waals surface area (Å²) in [6.45, 7) is 6.57. The summed E-state index contributed by atoms with van der Waals surface area (Å²) in [6.07, 6.45) is 2.23. The summed E-state index contributed by atoms with van der Waals surface area (Å²) in [5.41, 5.74) is 0. The first-order valence-electron chi connectivity index (χ1n) is 6.19. The maximum absolute atomic E-state index is 6.23. The quantitative estimate of drug-likeness (QED) is 0.439. The number of halogens is 1. The van der Waals surface area contributed by atoms with E-state index < -0.39 is 0 Å². The molecule has 0 fully saturated rings. The Balaban J connectivity index is 2.29. The molecule has 0 aliphatic rings. The average Bonchev–Trinajstić information content (AvgIpc) is 2.70. The van der Waals surface area contributed by atoms with Crippen LogP contribution in [-0.2, 0) is 6.42 Å². The lowest BCUT2D eigenvalue weighted by atomic mass is 10.3. The first kappa shape index (κ1) is 14.1. The van der Waals surface area contributed by atoms with Gasteiger partial charge >= 0.3 is 0 Å². The normalized spacial score (nSPS) is 11.6. The minimum atomic E-state index is 0.588. The molecule has 98 valence electrons. The second-order valence-corrected chi connectivity index (χ2v) is 7.14. The van der Waals surface area contributed by atoms with Crippen LogP contribution in [0.3, 0.4) is 0 Å². The minimum Gasteiger partial charge on any atom is -0.211 e. The maximum atomic E-state index is 6.23. The van der Waals surface area contributed by atoms with Crippen molar-refractivity contribution in [3.63, 3.8) is 0 Å². The zero-order chi connectivity index (χ0) is 13.1. The third-order valence-electron chi connectivity index (χ3n) is 2.42. The highest BCUT2D eigenvalue weighted by molar-refractivity contribution is 7.99. The SMILES string of the molecule is CCCc1cc2c(Cl)nc(SCC(C)C)nc2s1. The standard InChI is InChI=1S/C13H17ClN2S2/c1-4-5-9-6-10-11(14)15-13(16-12(10)18-9)17-7-8(2)3/h6,8H,4-5,7H2,1-3H3. The molecule has 0 saturated heterocycles. The largest absolute Gasteiger partial charge is 0.211 e. The van der Waals surface area contributed by atoms with Gasteiger partial charge in [0.25, 0.3) is 0 Å². The Morgan fingerprint density at radius 3 is 2.83 bits per heavy atom. The van der Waals surface area contributed by atoms with Crippen molar-refractivity contribution < 1.29 is 0 Å². The van der Waals surface area contributed by atoms with E-state index in [9.17, 15) is 0 Å². The first-order chi connectivity index (χ1) is 8.60. The molecule has 0 amide bonds. The van der Waals surface area contributed by atoms with Gasteiger partial charge in [0.2, 0.25) is 0 Å². The summed E-state index contributed by atoms with van der Waals surface area (Å²) < 4.78 is 0. The van der Waals surface area contributed by atoms with Gasteiger partial charge in [-0.1, -0.05) is 50.6 Å². The van der Waals surface area contributed by atoms with Crippen LogP contribution in [0.15, 0.2) is 11.2 Å². The predicted molar refractivity (Wildman–Crippen MR) is 82.0 cm³/mol. The highest BCUT2D eigenvalue weighted by atomic mass is 35.5. The maximum Gasteiger partial charge on any atom is 0.190 e. The first-order valence-corrected chi connectivity index (χ1v) is 8.37. The minimum absolute atomic E-state index is 0.588. The Morgan fingerprint density at radius 1 is 1.39 bits per heavy atom. The van der Waals surface area contributed by atoms with Crippen molar-refractivity contribution in [2.45, 2.75) is 38.8 Å². The molecule has 0 radical (unpaired) electrons. The lowest BCUT2D eigenvalue weighted by Gasteiger charge is -2.03. The summed E-state index contributed by atoms with van der Waals surface area (Å²) >= 11 is 9.65. The molecule has 18 heavy (non-hydrogen) atoms. The smallest absolute Gasteiger partial charge is 0.190 e. The lowest BCUT2D eigenvalue weighted by Crippen LogP contribution is -1.94. The number of rotatable bonds is 5. The lowest BCUT2D eigenvalue weighted by molar-refractivity contribution is 0.748. The molecule has 2 rings (SSSR count). The molecule has 2 heterocycles. The Labute approximate surface area is 121 Å². The fourth-order valence-electron chi connectivity index (χ4n) is 1.59. The second kappa shape index (κ2) is 6.22. The number of fused-ring (bicyclic) bond motifs is 1. The molecule has 0 atom stereocenters. The van der Waals surface area contributed by atoms with E-state index in [1.54, 1.807) is 23.1 Å². The molecular weight excluding hydrogens is 284 g/mol. The van der Waals surface area contributed by atoms with Crippen molar-refractivity contribution in [1.29, 1.82) is 0 Å². The van der Waals surface area contributed by atoms with E-state index in [-0.39, 0.29) is 0 Å². The fourth-order valence-corrected chi connectivity index (χ4v) is 3.90. The molecule has 2 nitrogen and oxygen atoms in total. The number of thioether (sulfide) groups is 1. The summed E-state index contributed by atoms with van der Waals surface area (Å²) in [5, 5.41) is 2.38. The van der Waals surface area contributed by atoms with E-state index in [0.717, 1.165) is 34.0 Å². The molecule has 0 bridgehead atoms. The van der Waals surface area contributed by atoms with Crippen molar-refractivity contribution in [3.05, 3.63) is 16.1 Å². The van der Waals surface area contributed by atoms with Gasteiger partial charge in [0, 0.05) is 16.0 Å². The van der Waals surface area contributed by atoms with Crippen molar-refractivity contribution in [2.24, 2.45) is 5.92 Å². The molecule has 5 heteroatoms. The monoisotopic (exact) mass is 300 g/mol. The number of hydrogen-bond acceptors (Lipinski definition) is 4. The van der Waals surface area contributed by atoms with Gasteiger partial charge in [0.15, 0.2) is 5.16 Å². The van der Waals surface area contributed by atoms with E-state index in [2.05, 4.69) is 36.8 Å². The van der Waals surface area contributed by atoms with E-state index in [0.29, 0.717) is 11.1 Å². The zero-order valence-corrected chi connectivity index (χ0v) is 13.3. The van der Waals surface area contributed by atoms with Crippen LogP contribution in [0.4, 0.5) is 0 Å². The van der Waals surface area contributed by atoms with E-state index in [4.69, 9.17) is 11.6 Å². The van der Waals surface area contributed by atoms with Crippen LogP contribution in [0.25, 0.3) is 10.2 Å². The van der Waals surface area contributed by atoms with Gasteiger partial charge in [-0.15, -0.1) is 11.3 Å². The van der Waals surface area contributed by atoms with Crippen molar-refractivity contribution in [2.75, 3.05) is 5.75 Å². The third kappa shape index (κ3) is 3.37. The van der Waals surface area contributed by atoms with E-state index in [1.165, 1.54) is 4.88 Å². The highest BCUT2D eigenvalue weighted by Crippen LogP contribution is 2.31. The molecule has 2 aromatic rings. The fraction of sp³-hybridized carbons (Fsp3) is 0.538. The van der Waals surface area contributed by atoms with Gasteiger partial charge in [-0.3, -0.25) is 0 Å². The van der Waals surface area contributed by atoms with Crippen molar-refractivity contribution >= 4 is 44.9 Å². The molecule has 0 N–H and O–H groups in total. The number of nitrogens with zero attached hydrogens (tertiary/aromatic N) is 2. The number of thiophene rings is 1. The van der Waals surface area contributed by atoms with Gasteiger partial charge in [-0.05, 0) is 18.4 Å². The van der Waals surface area contributed by atoms with Gasteiger partial charge in [-0.2, -0.15) is 0 Å². The Morgan fingerprint density at radius 2 is 2.17 bits per heavy atom. The van der Waals surface area contributed by atoms with Gasteiger partial charge in [0.1, 0.15) is 9.98 Å². The topological polar surface area (TPSA) is 25.8 Å². The second-order valence-electron chi connectivity index (χ2n) is 4.68.